The molecule has 0 radical (unpaired) electrons. The molecule has 4 N–H and O–H groups in total. The van der Waals surface area contributed by atoms with Crippen LogP contribution in [0, 0.1) is 17.8 Å². The zero-order valence-electron chi connectivity index (χ0n) is 38.1. The highest BCUT2D eigenvalue weighted by Gasteiger charge is 2.43. The van der Waals surface area contributed by atoms with Crippen LogP contribution in [-0.2, 0) is 43.0 Å². The first-order valence-electron chi connectivity index (χ1n) is 20.7. The number of likely N-dealkylation sites (tertiary alicyclic amines) is 1. The van der Waals surface area contributed by atoms with Crippen molar-refractivity contribution in [2.24, 2.45) is 17.8 Å². The predicted octanol–water partition coefficient (Wildman–Crippen LogP) is 3.66. The number of nitrogens with zero attached hydrogens (tertiary/aromatic N) is 3. The van der Waals surface area contributed by atoms with E-state index < -0.39 is 89.2 Å². The van der Waals surface area contributed by atoms with Gasteiger partial charge < -0.3 is 39.5 Å². The lowest BCUT2D eigenvalue weighted by molar-refractivity contribution is -0.162. The molecule has 1 saturated heterocycles. The molecular weight excluding hydrogens is 766 g/mol. The van der Waals surface area contributed by atoms with Crippen LogP contribution in [0.5, 0.6) is 0 Å². The van der Waals surface area contributed by atoms with E-state index in [0.717, 1.165) is 0 Å². The number of hydrogen-bond acceptors (Lipinski definition) is 11. The Morgan fingerprint density at radius 2 is 1.32 bits per heavy atom. The van der Waals surface area contributed by atoms with E-state index in [1.54, 1.807) is 48.5 Å². The summed E-state index contributed by atoms with van der Waals surface area (Å²) >= 11 is 0. The van der Waals surface area contributed by atoms with Crippen molar-refractivity contribution < 1.29 is 52.6 Å². The topological polar surface area (TPSA) is 222 Å². The highest BCUT2D eigenvalue weighted by Crippen LogP contribution is 2.25. The molecule has 7 amide bonds. The molecule has 0 bridgehead atoms. The van der Waals surface area contributed by atoms with Crippen LogP contribution >= 0.6 is 0 Å². The smallest absolute Gasteiger partial charge is 0.426 e. The number of ether oxygens (including phenoxy) is 3. The van der Waals surface area contributed by atoms with Crippen LogP contribution in [-0.4, -0.2) is 131 Å². The van der Waals surface area contributed by atoms with Crippen molar-refractivity contribution in [3.8, 4) is 0 Å². The summed E-state index contributed by atoms with van der Waals surface area (Å²) in [4.78, 5) is 110. The zero-order chi connectivity index (χ0) is 45.6. The van der Waals surface area contributed by atoms with Gasteiger partial charge in [-0.1, -0.05) is 54.4 Å². The number of hydrogen-bond donors (Lipinski definition) is 4. The molecule has 0 unspecified atom stereocenters. The molecular formula is C41H73N7O11. The van der Waals surface area contributed by atoms with Crippen LogP contribution in [0.15, 0.2) is 0 Å². The Hall–Kier alpha value is -4.64. The SMILES string of the molecule is CC[C@H](C)[C@H](NC(=O)[C@@H]1CCCN1C(=O)[C@@H](CC(C)C)OC(=O)CCNC(=O)OC(C)(C)C)C(=O)N(C)[C@H](C(=O)N(C)[C@@H](C)C(=O)NNC(=O)OC(C)(C)C)[C@@H](C)CC. The summed E-state index contributed by atoms with van der Waals surface area (Å²) in [6, 6.07) is -4.09. The summed E-state index contributed by atoms with van der Waals surface area (Å²) in [6.45, 7) is 22.9. The second-order valence-electron chi connectivity index (χ2n) is 17.9. The summed E-state index contributed by atoms with van der Waals surface area (Å²) in [5.41, 5.74) is 2.92. The van der Waals surface area contributed by atoms with E-state index in [1.807, 2.05) is 34.6 Å². The molecule has 1 heterocycles. The molecule has 1 rings (SSSR count). The van der Waals surface area contributed by atoms with Crippen molar-refractivity contribution in [2.45, 2.75) is 170 Å². The summed E-state index contributed by atoms with van der Waals surface area (Å²) in [6.07, 6.45) is -0.918. The summed E-state index contributed by atoms with van der Waals surface area (Å²) in [7, 11) is 2.92. The normalized spacial score (nSPS) is 17.3. The molecule has 0 aliphatic carbocycles. The molecule has 0 aromatic heterocycles. The van der Waals surface area contributed by atoms with Gasteiger partial charge in [0.25, 0.3) is 11.8 Å². The van der Waals surface area contributed by atoms with Gasteiger partial charge in [0, 0.05) is 27.2 Å². The number of carbonyl (C=O) groups is 8. The van der Waals surface area contributed by atoms with Crippen LogP contribution in [0.2, 0.25) is 0 Å². The Labute approximate surface area is 350 Å². The van der Waals surface area contributed by atoms with Crippen LogP contribution in [0.25, 0.3) is 0 Å². The Morgan fingerprint density at radius 3 is 1.85 bits per heavy atom. The zero-order valence-corrected chi connectivity index (χ0v) is 38.1. The second-order valence-corrected chi connectivity index (χ2v) is 17.9. The number of hydrazine groups is 1. The Kier molecular flexibility index (Phi) is 20.6. The minimum atomic E-state index is -1.17. The molecule has 0 saturated carbocycles. The minimum Gasteiger partial charge on any atom is -0.452 e. The maximum atomic E-state index is 14.4. The highest BCUT2D eigenvalue weighted by molar-refractivity contribution is 5.96. The monoisotopic (exact) mass is 840 g/mol. The quantitative estimate of drug-likeness (QED) is 0.0886. The van der Waals surface area contributed by atoms with Gasteiger partial charge in [-0.05, 0) is 85.5 Å². The lowest BCUT2D eigenvalue weighted by Crippen LogP contribution is -2.61. The van der Waals surface area contributed by atoms with Crippen LogP contribution in [0.3, 0.4) is 0 Å². The third-order valence-corrected chi connectivity index (χ3v) is 10.0. The number of alkyl carbamates (subject to hydrolysis) is 1. The van der Waals surface area contributed by atoms with E-state index in [2.05, 4.69) is 21.5 Å². The lowest BCUT2D eigenvalue weighted by Gasteiger charge is -2.38. The second kappa shape index (κ2) is 23.2. The van der Waals surface area contributed by atoms with Gasteiger partial charge in [0.2, 0.25) is 17.7 Å². The largest absolute Gasteiger partial charge is 0.452 e. The molecule has 0 aromatic carbocycles. The van der Waals surface area contributed by atoms with Gasteiger partial charge in [0.1, 0.15) is 35.4 Å². The Morgan fingerprint density at radius 1 is 0.763 bits per heavy atom. The molecule has 0 aromatic rings. The number of likely N-dealkylation sites (N-methyl/N-ethyl adjacent to an activating group) is 2. The van der Waals surface area contributed by atoms with E-state index in [9.17, 15) is 38.4 Å². The van der Waals surface area contributed by atoms with E-state index in [1.165, 1.54) is 35.7 Å². The fourth-order valence-electron chi connectivity index (χ4n) is 6.31. The number of amides is 7. The standard InChI is InChI=1S/C41H73N7O11/c1-16-25(5)31(36(53)47(15)32(26(6)17-2)37(54)46(14)27(7)33(50)44-45-39(56)59-41(11,12)13)43-34(51)28-19-18-22-48(28)35(52)29(23-24(3)4)57-30(49)20-21-42-38(55)58-40(8,9)10/h24-29,31-32H,16-23H2,1-15H3,(H,42,55)(H,43,51)(H,44,50)(H,45,56)/t25-,26-,27-,28-,29+,31-,32-/m0/s1. The van der Waals surface area contributed by atoms with Crippen molar-refractivity contribution in [2.75, 3.05) is 27.2 Å². The highest BCUT2D eigenvalue weighted by atomic mass is 16.6. The van der Waals surface area contributed by atoms with Crippen molar-refractivity contribution >= 4 is 47.7 Å². The van der Waals surface area contributed by atoms with Crippen molar-refractivity contribution in [3.63, 3.8) is 0 Å². The molecule has 0 spiro atoms. The van der Waals surface area contributed by atoms with Gasteiger partial charge in [-0.3, -0.25) is 34.2 Å². The van der Waals surface area contributed by atoms with Crippen LogP contribution < -0.4 is 21.5 Å². The maximum Gasteiger partial charge on any atom is 0.426 e. The Balaban J connectivity index is 3.20. The number of esters is 1. The van der Waals surface area contributed by atoms with Crippen LogP contribution in [0.4, 0.5) is 9.59 Å². The van der Waals surface area contributed by atoms with Gasteiger partial charge in [0.15, 0.2) is 6.10 Å². The molecule has 59 heavy (non-hydrogen) atoms. The fourth-order valence-corrected chi connectivity index (χ4v) is 6.31. The summed E-state index contributed by atoms with van der Waals surface area (Å²) in [5.74, 6) is -4.30. The average molecular weight is 840 g/mol. The first-order valence-corrected chi connectivity index (χ1v) is 20.7. The third kappa shape index (κ3) is 17.2. The van der Waals surface area contributed by atoms with Crippen LogP contribution in [0.1, 0.15) is 129 Å². The van der Waals surface area contributed by atoms with Gasteiger partial charge in [-0.2, -0.15) is 0 Å². The van der Waals surface area contributed by atoms with Crippen molar-refractivity contribution in [1.82, 2.24) is 36.2 Å². The lowest BCUT2D eigenvalue weighted by atomic mass is 9.92. The van der Waals surface area contributed by atoms with Gasteiger partial charge >= 0.3 is 18.2 Å². The van der Waals surface area contributed by atoms with Gasteiger partial charge in [-0.25, -0.2) is 15.0 Å². The number of carbonyl (C=O) groups excluding carboxylic acids is 8. The van der Waals surface area contributed by atoms with E-state index in [0.29, 0.717) is 25.7 Å². The fraction of sp³-hybridized carbons (Fsp3) is 0.805. The minimum absolute atomic E-state index is 0.0408. The van der Waals surface area contributed by atoms with E-state index in [-0.39, 0.29) is 43.7 Å². The van der Waals surface area contributed by atoms with E-state index in [4.69, 9.17) is 14.2 Å². The first-order chi connectivity index (χ1) is 27.1. The first kappa shape index (κ1) is 52.4. The molecule has 338 valence electrons. The maximum absolute atomic E-state index is 14.4. The average Bonchev–Trinajstić information content (AvgIpc) is 3.62. The van der Waals surface area contributed by atoms with Gasteiger partial charge in [0.05, 0.1) is 6.42 Å². The summed E-state index contributed by atoms with van der Waals surface area (Å²) in [5, 5.41) is 5.38. The third-order valence-electron chi connectivity index (χ3n) is 10.0. The molecule has 18 nitrogen and oxygen atoms in total. The molecule has 1 aliphatic rings. The molecule has 1 aliphatic heterocycles. The molecule has 18 heteroatoms. The van der Waals surface area contributed by atoms with Crippen molar-refractivity contribution in [3.05, 3.63) is 0 Å². The predicted molar refractivity (Wildman–Crippen MR) is 220 cm³/mol. The number of rotatable bonds is 18. The summed E-state index contributed by atoms with van der Waals surface area (Å²) < 4.78 is 16.0. The van der Waals surface area contributed by atoms with Crippen molar-refractivity contribution in [1.29, 1.82) is 0 Å². The van der Waals surface area contributed by atoms with E-state index >= 15 is 0 Å². The molecule has 7 atom stereocenters. The molecule has 1 fully saturated rings. The van der Waals surface area contributed by atoms with Gasteiger partial charge in [-0.15, -0.1) is 0 Å². The Bertz CT molecular complexity index is 1480. The number of nitrogens with one attached hydrogen (secondary N) is 4.